The van der Waals surface area contributed by atoms with E-state index in [0.717, 1.165) is 6.42 Å². The Morgan fingerprint density at radius 1 is 1.54 bits per heavy atom. The molecule has 0 aliphatic heterocycles. The van der Waals surface area contributed by atoms with Crippen molar-refractivity contribution in [2.75, 3.05) is 0 Å². The highest BCUT2D eigenvalue weighted by Gasteiger charge is 2.25. The lowest BCUT2D eigenvalue weighted by atomic mass is 10.0. The summed E-state index contributed by atoms with van der Waals surface area (Å²) in [5.74, 6) is -0.352. The standard InChI is InChI=1S/C8H17NO3S/c1-4-5-8(9)6(2)7(3)13(10,11)12/h5-7H,4,9H2,1-3H3,(H,10,11,12)/b8-5+/t6?,7-/m0/s1. The van der Waals surface area contributed by atoms with Crippen molar-refractivity contribution in [1.82, 2.24) is 0 Å². The normalized spacial score (nSPS) is 18.3. The van der Waals surface area contributed by atoms with E-state index in [1.165, 1.54) is 6.92 Å². The van der Waals surface area contributed by atoms with Crippen LogP contribution in [0.3, 0.4) is 0 Å². The number of rotatable bonds is 4. The van der Waals surface area contributed by atoms with Crippen molar-refractivity contribution in [2.45, 2.75) is 32.4 Å². The van der Waals surface area contributed by atoms with Crippen molar-refractivity contribution >= 4 is 10.1 Å². The van der Waals surface area contributed by atoms with Gasteiger partial charge in [-0.25, -0.2) is 0 Å². The van der Waals surface area contributed by atoms with Crippen molar-refractivity contribution in [2.24, 2.45) is 11.7 Å². The fraction of sp³-hybridized carbons (Fsp3) is 0.750. The van der Waals surface area contributed by atoms with Gasteiger partial charge in [-0.3, -0.25) is 4.55 Å². The average Bonchev–Trinajstić information content (AvgIpc) is 2.00. The van der Waals surface area contributed by atoms with E-state index in [-0.39, 0.29) is 5.92 Å². The van der Waals surface area contributed by atoms with Gasteiger partial charge < -0.3 is 5.73 Å². The SMILES string of the molecule is CC/C=C(/N)C(C)[C@H](C)S(=O)(=O)O. The van der Waals surface area contributed by atoms with Gasteiger partial charge in [-0.2, -0.15) is 8.42 Å². The van der Waals surface area contributed by atoms with Crippen LogP contribution >= 0.6 is 0 Å². The minimum atomic E-state index is -3.99. The molecule has 4 nitrogen and oxygen atoms in total. The first-order valence-electron chi connectivity index (χ1n) is 4.22. The minimum absolute atomic E-state index is 0.352. The lowest BCUT2D eigenvalue weighted by Crippen LogP contribution is -2.28. The fourth-order valence-corrected chi connectivity index (χ4v) is 1.62. The van der Waals surface area contributed by atoms with Gasteiger partial charge in [-0.1, -0.05) is 19.9 Å². The van der Waals surface area contributed by atoms with Gasteiger partial charge in [-0.05, 0) is 13.3 Å². The van der Waals surface area contributed by atoms with Crippen LogP contribution in [0.4, 0.5) is 0 Å². The summed E-state index contributed by atoms with van der Waals surface area (Å²) < 4.78 is 30.3. The van der Waals surface area contributed by atoms with Crippen LogP contribution in [0.1, 0.15) is 27.2 Å². The van der Waals surface area contributed by atoms with Crippen LogP contribution in [0.15, 0.2) is 11.8 Å². The van der Waals surface area contributed by atoms with Crippen molar-refractivity contribution in [3.05, 3.63) is 11.8 Å². The second-order valence-corrected chi connectivity index (χ2v) is 4.89. The molecular formula is C8H17NO3S. The molecule has 2 atom stereocenters. The van der Waals surface area contributed by atoms with E-state index in [9.17, 15) is 8.42 Å². The molecule has 0 aromatic heterocycles. The molecule has 0 aromatic rings. The van der Waals surface area contributed by atoms with Gasteiger partial charge in [0.25, 0.3) is 10.1 Å². The highest BCUT2D eigenvalue weighted by molar-refractivity contribution is 7.86. The molecule has 13 heavy (non-hydrogen) atoms. The summed E-state index contributed by atoms with van der Waals surface area (Å²) in [6, 6.07) is 0. The second-order valence-electron chi connectivity index (χ2n) is 3.12. The van der Waals surface area contributed by atoms with E-state index in [1.54, 1.807) is 13.0 Å². The van der Waals surface area contributed by atoms with E-state index in [0.29, 0.717) is 5.70 Å². The van der Waals surface area contributed by atoms with Crippen molar-refractivity contribution in [1.29, 1.82) is 0 Å². The highest BCUT2D eigenvalue weighted by atomic mass is 32.2. The molecule has 1 unspecified atom stereocenters. The third kappa shape index (κ3) is 3.78. The smallest absolute Gasteiger partial charge is 0.268 e. The number of hydrogen-bond acceptors (Lipinski definition) is 3. The van der Waals surface area contributed by atoms with Crippen LogP contribution in [0.5, 0.6) is 0 Å². The topological polar surface area (TPSA) is 80.4 Å². The number of nitrogens with two attached hydrogens (primary N) is 1. The first-order chi connectivity index (χ1) is 5.80. The maximum absolute atomic E-state index is 10.8. The summed E-state index contributed by atoms with van der Waals surface area (Å²) in [6.45, 7) is 5.04. The number of hydrogen-bond donors (Lipinski definition) is 2. The maximum atomic E-state index is 10.8. The third-order valence-corrected chi connectivity index (χ3v) is 3.49. The summed E-state index contributed by atoms with van der Waals surface area (Å²) in [5, 5.41) is -0.852. The van der Waals surface area contributed by atoms with Gasteiger partial charge in [0.15, 0.2) is 0 Å². The molecule has 0 aliphatic rings. The molecule has 3 N–H and O–H groups in total. The van der Waals surface area contributed by atoms with Gasteiger partial charge in [0, 0.05) is 11.6 Å². The molecule has 0 aliphatic carbocycles. The zero-order chi connectivity index (χ0) is 10.6. The van der Waals surface area contributed by atoms with Crippen molar-refractivity contribution in [3.63, 3.8) is 0 Å². The Kier molecular flexibility index (Phi) is 4.43. The molecule has 0 aromatic carbocycles. The van der Waals surface area contributed by atoms with Gasteiger partial charge in [-0.15, -0.1) is 0 Å². The first kappa shape index (κ1) is 12.4. The summed E-state index contributed by atoms with van der Waals surface area (Å²) >= 11 is 0. The third-order valence-electron chi connectivity index (χ3n) is 2.14. The highest BCUT2D eigenvalue weighted by Crippen LogP contribution is 2.16. The van der Waals surface area contributed by atoms with E-state index >= 15 is 0 Å². The Morgan fingerprint density at radius 2 is 2.00 bits per heavy atom. The first-order valence-corrected chi connectivity index (χ1v) is 5.72. The molecule has 0 heterocycles. The van der Waals surface area contributed by atoms with Gasteiger partial charge >= 0.3 is 0 Å². The van der Waals surface area contributed by atoms with Crippen LogP contribution < -0.4 is 5.73 Å². The lowest BCUT2D eigenvalue weighted by Gasteiger charge is -2.17. The molecule has 0 saturated heterocycles. The van der Waals surface area contributed by atoms with Gasteiger partial charge in [0.1, 0.15) is 0 Å². The molecule has 0 bridgehead atoms. The summed E-state index contributed by atoms with van der Waals surface area (Å²) in [7, 11) is -3.99. The lowest BCUT2D eigenvalue weighted by molar-refractivity contribution is 0.452. The molecule has 78 valence electrons. The molecule has 0 radical (unpaired) electrons. The maximum Gasteiger partial charge on any atom is 0.268 e. The predicted molar refractivity (Wildman–Crippen MR) is 52.7 cm³/mol. The molecule has 5 heteroatoms. The van der Waals surface area contributed by atoms with Crippen LogP contribution in [0, 0.1) is 5.92 Å². The van der Waals surface area contributed by atoms with E-state index in [1.807, 2.05) is 6.92 Å². The molecule has 0 amide bonds. The molecule has 0 spiro atoms. The molecule has 0 rings (SSSR count). The van der Waals surface area contributed by atoms with E-state index in [2.05, 4.69) is 0 Å². The molecule has 0 fully saturated rings. The average molecular weight is 207 g/mol. The Labute approximate surface area is 79.6 Å². The minimum Gasteiger partial charge on any atom is -0.402 e. The number of allylic oxidation sites excluding steroid dienone is 2. The van der Waals surface area contributed by atoms with E-state index in [4.69, 9.17) is 10.3 Å². The Hall–Kier alpha value is -0.550. The summed E-state index contributed by atoms with van der Waals surface area (Å²) in [6.07, 6.45) is 2.51. The zero-order valence-electron chi connectivity index (χ0n) is 8.19. The Balaban J connectivity index is 4.62. The Morgan fingerprint density at radius 3 is 2.31 bits per heavy atom. The van der Waals surface area contributed by atoms with Crippen molar-refractivity contribution in [3.8, 4) is 0 Å². The van der Waals surface area contributed by atoms with E-state index < -0.39 is 15.4 Å². The zero-order valence-corrected chi connectivity index (χ0v) is 9.00. The van der Waals surface area contributed by atoms with Crippen LogP contribution in [0.2, 0.25) is 0 Å². The predicted octanol–water partition coefficient (Wildman–Crippen LogP) is 1.15. The summed E-state index contributed by atoms with van der Waals surface area (Å²) in [5.41, 5.74) is 6.12. The van der Waals surface area contributed by atoms with Crippen molar-refractivity contribution < 1.29 is 13.0 Å². The molecular weight excluding hydrogens is 190 g/mol. The van der Waals surface area contributed by atoms with Crippen LogP contribution in [0.25, 0.3) is 0 Å². The quantitative estimate of drug-likeness (QED) is 0.678. The monoisotopic (exact) mass is 207 g/mol. The Bertz CT molecular complexity index is 282. The summed E-state index contributed by atoms with van der Waals surface area (Å²) in [4.78, 5) is 0. The van der Waals surface area contributed by atoms with Crippen LogP contribution in [-0.4, -0.2) is 18.2 Å². The van der Waals surface area contributed by atoms with Crippen LogP contribution in [-0.2, 0) is 10.1 Å². The second kappa shape index (κ2) is 4.62. The largest absolute Gasteiger partial charge is 0.402 e. The van der Waals surface area contributed by atoms with Gasteiger partial charge in [0.05, 0.1) is 5.25 Å². The molecule has 0 saturated carbocycles. The van der Waals surface area contributed by atoms with Gasteiger partial charge in [0.2, 0.25) is 0 Å². The fourth-order valence-electron chi connectivity index (χ4n) is 0.951.